The summed E-state index contributed by atoms with van der Waals surface area (Å²) in [5.41, 5.74) is 0.0280. The van der Waals surface area contributed by atoms with Crippen molar-refractivity contribution in [2.24, 2.45) is 5.92 Å². The van der Waals surface area contributed by atoms with E-state index < -0.39 is 35.9 Å². The molecule has 0 aliphatic carbocycles. The monoisotopic (exact) mass is 268 g/mol. The van der Waals surface area contributed by atoms with E-state index in [1.54, 1.807) is 0 Å². The number of hydrogen-bond donors (Lipinski definition) is 2. The van der Waals surface area contributed by atoms with Gasteiger partial charge in [-0.15, -0.1) is 0 Å². The highest BCUT2D eigenvalue weighted by atomic mass is 19.1. The molecule has 0 amide bonds. The predicted molar refractivity (Wildman–Crippen MR) is 63.5 cm³/mol. The van der Waals surface area contributed by atoms with Crippen LogP contribution in [0.1, 0.15) is 29.3 Å². The molecule has 0 saturated carbocycles. The molecule has 0 aliphatic heterocycles. The second-order valence-corrected chi connectivity index (χ2v) is 4.17. The molecule has 5 nitrogen and oxygen atoms in total. The van der Waals surface area contributed by atoms with E-state index in [9.17, 15) is 18.8 Å². The van der Waals surface area contributed by atoms with Crippen LogP contribution < -0.4 is 0 Å². The largest absolute Gasteiger partial charge is 0.481 e. The molecule has 1 aromatic carbocycles. The van der Waals surface area contributed by atoms with Crippen LogP contribution in [-0.4, -0.2) is 27.9 Å². The highest BCUT2D eigenvalue weighted by Crippen LogP contribution is 2.20. The van der Waals surface area contributed by atoms with E-state index >= 15 is 0 Å². The van der Waals surface area contributed by atoms with Crippen molar-refractivity contribution in [2.45, 2.75) is 19.8 Å². The van der Waals surface area contributed by atoms with E-state index in [0.29, 0.717) is 0 Å². The zero-order valence-electron chi connectivity index (χ0n) is 10.2. The Morgan fingerprint density at radius 2 is 1.89 bits per heavy atom. The van der Waals surface area contributed by atoms with Gasteiger partial charge in [0, 0.05) is 0 Å². The first kappa shape index (κ1) is 14.8. The number of ketones is 1. The summed E-state index contributed by atoms with van der Waals surface area (Å²) < 4.78 is 13.5. The summed E-state index contributed by atoms with van der Waals surface area (Å²) >= 11 is 0. The molecule has 1 aromatic rings. The highest BCUT2D eigenvalue weighted by molar-refractivity contribution is 5.96. The second-order valence-electron chi connectivity index (χ2n) is 4.17. The quantitative estimate of drug-likeness (QED) is 0.767. The first-order valence-corrected chi connectivity index (χ1v) is 5.55. The summed E-state index contributed by atoms with van der Waals surface area (Å²) in [6, 6.07) is 3.89. The molecule has 1 unspecified atom stereocenters. The van der Waals surface area contributed by atoms with Crippen LogP contribution in [0.4, 0.5) is 4.39 Å². The second kappa shape index (κ2) is 6.08. The maximum atomic E-state index is 13.5. The highest BCUT2D eigenvalue weighted by Gasteiger charge is 2.24. The van der Waals surface area contributed by atoms with Gasteiger partial charge in [-0.25, -0.2) is 4.39 Å². The fourth-order valence-electron chi connectivity index (χ4n) is 1.86. The molecule has 19 heavy (non-hydrogen) atoms. The lowest BCUT2D eigenvalue weighted by Gasteiger charge is -2.13. The molecule has 0 aliphatic rings. The average molecular weight is 268 g/mol. The van der Waals surface area contributed by atoms with Gasteiger partial charge in [0.05, 0.1) is 17.9 Å². The van der Waals surface area contributed by atoms with Crippen LogP contribution in [0.15, 0.2) is 18.2 Å². The van der Waals surface area contributed by atoms with Crippen molar-refractivity contribution in [3.63, 3.8) is 0 Å². The number of benzene rings is 1. The lowest BCUT2D eigenvalue weighted by Crippen LogP contribution is -2.21. The summed E-state index contributed by atoms with van der Waals surface area (Å²) in [4.78, 5) is 32.9. The topological polar surface area (TPSA) is 91.7 Å². The molecule has 1 atom stereocenters. The molecule has 0 aromatic heterocycles. The first-order chi connectivity index (χ1) is 8.82. The summed E-state index contributed by atoms with van der Waals surface area (Å²) in [6.07, 6.45) is -0.780. The molecular formula is C13H13FO5. The van der Waals surface area contributed by atoms with E-state index in [-0.39, 0.29) is 17.5 Å². The van der Waals surface area contributed by atoms with Crippen LogP contribution in [-0.2, 0) is 16.0 Å². The third kappa shape index (κ3) is 3.87. The number of carbonyl (C=O) groups excluding carboxylic acids is 1. The summed E-state index contributed by atoms with van der Waals surface area (Å²) in [5.74, 6) is -5.00. The van der Waals surface area contributed by atoms with Crippen molar-refractivity contribution in [3.05, 3.63) is 35.1 Å². The Labute approximate surface area is 108 Å². The maximum Gasteiger partial charge on any atom is 0.307 e. The zero-order chi connectivity index (χ0) is 14.6. The van der Waals surface area contributed by atoms with Crippen molar-refractivity contribution in [1.82, 2.24) is 0 Å². The Morgan fingerprint density at radius 3 is 2.37 bits per heavy atom. The molecule has 0 heterocycles. The lowest BCUT2D eigenvalue weighted by atomic mass is 9.92. The van der Waals surface area contributed by atoms with E-state index in [0.717, 1.165) is 6.07 Å². The van der Waals surface area contributed by atoms with Gasteiger partial charge in [0.2, 0.25) is 0 Å². The maximum absolute atomic E-state index is 13.5. The van der Waals surface area contributed by atoms with Gasteiger partial charge in [-0.1, -0.05) is 12.1 Å². The SMILES string of the molecule is CC(=O)c1c(F)cccc1CC(CC(=O)O)C(=O)O. The number of rotatable bonds is 6. The standard InChI is InChI=1S/C13H13FO5/c1-7(15)12-8(3-2-4-10(12)14)5-9(13(18)19)6-11(16)17/h2-4,9H,5-6H2,1H3,(H,16,17)(H,18,19). The molecule has 6 heteroatoms. The van der Waals surface area contributed by atoms with Crippen molar-refractivity contribution >= 4 is 17.7 Å². The number of carbonyl (C=O) groups is 3. The van der Waals surface area contributed by atoms with Gasteiger partial charge in [-0.05, 0) is 25.0 Å². The Bertz CT molecular complexity index is 524. The zero-order valence-corrected chi connectivity index (χ0v) is 10.2. The fraction of sp³-hybridized carbons (Fsp3) is 0.308. The van der Waals surface area contributed by atoms with Crippen LogP contribution in [0.3, 0.4) is 0 Å². The van der Waals surface area contributed by atoms with Gasteiger partial charge in [-0.3, -0.25) is 14.4 Å². The molecule has 2 N–H and O–H groups in total. The van der Waals surface area contributed by atoms with Crippen molar-refractivity contribution in [2.75, 3.05) is 0 Å². The molecule has 0 fully saturated rings. The van der Waals surface area contributed by atoms with E-state index in [2.05, 4.69) is 0 Å². The van der Waals surface area contributed by atoms with E-state index in [4.69, 9.17) is 10.2 Å². The molecule has 0 bridgehead atoms. The molecule has 1 rings (SSSR count). The Morgan fingerprint density at radius 1 is 1.26 bits per heavy atom. The van der Waals surface area contributed by atoms with Gasteiger partial charge < -0.3 is 10.2 Å². The average Bonchev–Trinajstić information content (AvgIpc) is 2.26. The molecular weight excluding hydrogens is 255 g/mol. The smallest absolute Gasteiger partial charge is 0.307 e. The Balaban J connectivity index is 3.09. The van der Waals surface area contributed by atoms with E-state index in [1.807, 2.05) is 0 Å². The van der Waals surface area contributed by atoms with Crippen molar-refractivity contribution in [1.29, 1.82) is 0 Å². The number of carboxylic acids is 2. The lowest BCUT2D eigenvalue weighted by molar-refractivity contribution is -0.148. The van der Waals surface area contributed by atoms with Crippen LogP contribution in [0.5, 0.6) is 0 Å². The van der Waals surface area contributed by atoms with Crippen LogP contribution in [0.25, 0.3) is 0 Å². The first-order valence-electron chi connectivity index (χ1n) is 5.55. The minimum atomic E-state index is -1.29. The van der Waals surface area contributed by atoms with Crippen molar-refractivity contribution in [3.8, 4) is 0 Å². The van der Waals surface area contributed by atoms with Gasteiger partial charge in [0.1, 0.15) is 5.82 Å². The summed E-state index contributed by atoms with van der Waals surface area (Å²) in [6.45, 7) is 1.18. The Kier molecular flexibility index (Phi) is 4.74. The molecule has 0 radical (unpaired) electrons. The summed E-state index contributed by atoms with van der Waals surface area (Å²) in [7, 11) is 0. The molecule has 0 spiro atoms. The Hall–Kier alpha value is -2.24. The van der Waals surface area contributed by atoms with Crippen molar-refractivity contribution < 1.29 is 29.0 Å². The van der Waals surface area contributed by atoms with Gasteiger partial charge >= 0.3 is 11.9 Å². The normalized spacial score (nSPS) is 11.9. The third-order valence-corrected chi connectivity index (χ3v) is 2.69. The minimum Gasteiger partial charge on any atom is -0.481 e. The van der Waals surface area contributed by atoms with Crippen LogP contribution in [0.2, 0.25) is 0 Å². The van der Waals surface area contributed by atoms with Crippen LogP contribution in [0, 0.1) is 11.7 Å². The number of carboxylic acid groups (broad SMARTS) is 2. The van der Waals surface area contributed by atoms with E-state index in [1.165, 1.54) is 19.1 Å². The third-order valence-electron chi connectivity index (χ3n) is 2.69. The van der Waals surface area contributed by atoms with Gasteiger partial charge in [0.25, 0.3) is 0 Å². The number of hydrogen-bond acceptors (Lipinski definition) is 3. The predicted octanol–water partition coefficient (Wildman–Crippen LogP) is 1.75. The number of aliphatic carboxylic acids is 2. The number of halogens is 1. The fourth-order valence-corrected chi connectivity index (χ4v) is 1.86. The summed E-state index contributed by atoms with van der Waals surface area (Å²) in [5, 5.41) is 17.6. The van der Waals surface area contributed by atoms with Gasteiger partial charge in [0.15, 0.2) is 5.78 Å². The molecule has 0 saturated heterocycles. The van der Waals surface area contributed by atoms with Crippen LogP contribution >= 0.6 is 0 Å². The van der Waals surface area contributed by atoms with Gasteiger partial charge in [-0.2, -0.15) is 0 Å². The molecule has 102 valence electrons. The minimum absolute atomic E-state index is 0.181. The number of Topliss-reactive ketones (excluding diaryl/α,β-unsaturated/α-hetero) is 1.